The molecule has 1 aromatic rings. The fourth-order valence-corrected chi connectivity index (χ4v) is 5.91. The Balaban J connectivity index is 1.32. The molecule has 1 N–H and O–H groups in total. The average Bonchev–Trinajstić information content (AvgIpc) is 3.05. The van der Waals surface area contributed by atoms with Crippen LogP contribution in [0.3, 0.4) is 0 Å². The number of hydrazone groups is 1. The van der Waals surface area contributed by atoms with Crippen LogP contribution < -0.4 is 14.9 Å². The number of hydrogen-bond acceptors (Lipinski definition) is 4. The number of fused-ring (bicyclic) bond motifs is 1. The van der Waals surface area contributed by atoms with Gasteiger partial charge in [0.2, 0.25) is 6.79 Å². The normalized spacial score (nSPS) is 35.1. The van der Waals surface area contributed by atoms with Crippen LogP contribution in [0.15, 0.2) is 23.3 Å². The van der Waals surface area contributed by atoms with Crippen molar-refractivity contribution in [1.82, 2.24) is 5.43 Å². The standard InChI is InChI=1S/C20H24N2O3/c1-12(20-8-13-4-14(9-20)6-15(5-13)10-20)21-22-19(23)16-2-3-17-18(7-16)25-11-24-17/h2-3,7,13-15H,4-6,8-11H2,1H3,(H,22,23). The molecule has 1 amide bonds. The summed E-state index contributed by atoms with van der Waals surface area (Å²) in [6.07, 6.45) is 8.01. The second-order valence-electron chi connectivity index (χ2n) is 8.40. The van der Waals surface area contributed by atoms with E-state index < -0.39 is 0 Å². The molecule has 0 unspecified atom stereocenters. The van der Waals surface area contributed by atoms with Gasteiger partial charge in [0.05, 0.1) is 0 Å². The van der Waals surface area contributed by atoms with E-state index in [-0.39, 0.29) is 18.1 Å². The molecule has 0 aromatic heterocycles. The summed E-state index contributed by atoms with van der Waals surface area (Å²) in [7, 11) is 0. The molecule has 132 valence electrons. The van der Waals surface area contributed by atoms with Crippen molar-refractivity contribution in [1.29, 1.82) is 0 Å². The van der Waals surface area contributed by atoms with Crippen molar-refractivity contribution in [3.63, 3.8) is 0 Å². The highest BCUT2D eigenvalue weighted by atomic mass is 16.7. The first-order chi connectivity index (χ1) is 12.1. The van der Waals surface area contributed by atoms with Crippen LogP contribution in [-0.2, 0) is 0 Å². The monoisotopic (exact) mass is 340 g/mol. The van der Waals surface area contributed by atoms with Crippen LogP contribution in [-0.4, -0.2) is 18.4 Å². The molecule has 1 heterocycles. The van der Waals surface area contributed by atoms with E-state index in [2.05, 4.69) is 17.5 Å². The first-order valence-corrected chi connectivity index (χ1v) is 9.36. The predicted octanol–water partition coefficient (Wildman–Crippen LogP) is 3.74. The van der Waals surface area contributed by atoms with E-state index in [0.717, 1.165) is 23.5 Å². The molecule has 1 aliphatic heterocycles. The molecule has 4 aliphatic carbocycles. The van der Waals surface area contributed by atoms with Crippen LogP contribution in [0.1, 0.15) is 55.8 Å². The Hall–Kier alpha value is -2.04. The van der Waals surface area contributed by atoms with Crippen LogP contribution in [0.5, 0.6) is 11.5 Å². The first-order valence-electron chi connectivity index (χ1n) is 9.36. The number of carbonyl (C=O) groups is 1. The zero-order valence-corrected chi connectivity index (χ0v) is 14.6. The summed E-state index contributed by atoms with van der Waals surface area (Å²) in [6, 6.07) is 5.23. The number of nitrogens with one attached hydrogen (secondary N) is 1. The lowest BCUT2D eigenvalue weighted by Crippen LogP contribution is -2.49. The number of benzene rings is 1. The SMILES string of the molecule is CC(=NNC(=O)c1ccc2c(c1)OCO2)C12CC3CC(CC(C3)C1)C2. The lowest BCUT2D eigenvalue weighted by Gasteiger charge is -2.56. The van der Waals surface area contributed by atoms with Crippen LogP contribution in [0.25, 0.3) is 0 Å². The van der Waals surface area contributed by atoms with Crippen molar-refractivity contribution < 1.29 is 14.3 Å². The second-order valence-corrected chi connectivity index (χ2v) is 8.40. The summed E-state index contributed by atoms with van der Waals surface area (Å²) in [5, 5.41) is 4.53. The van der Waals surface area contributed by atoms with E-state index in [4.69, 9.17) is 9.47 Å². The number of ether oxygens (including phenoxy) is 2. The highest BCUT2D eigenvalue weighted by Crippen LogP contribution is 2.60. The molecule has 6 rings (SSSR count). The van der Waals surface area contributed by atoms with Crippen molar-refractivity contribution in [2.24, 2.45) is 28.3 Å². The third kappa shape index (κ3) is 2.52. The van der Waals surface area contributed by atoms with E-state index in [0.29, 0.717) is 17.1 Å². The second kappa shape index (κ2) is 5.48. The van der Waals surface area contributed by atoms with Gasteiger partial charge in [-0.05, 0) is 81.4 Å². The summed E-state index contributed by atoms with van der Waals surface area (Å²) in [4.78, 5) is 12.5. The molecule has 5 aliphatic rings. The van der Waals surface area contributed by atoms with E-state index in [1.54, 1.807) is 18.2 Å². The third-order valence-corrected chi connectivity index (χ3v) is 6.77. The van der Waals surface area contributed by atoms with Crippen molar-refractivity contribution in [2.45, 2.75) is 45.4 Å². The minimum absolute atomic E-state index is 0.192. The molecule has 0 radical (unpaired) electrons. The number of carbonyl (C=O) groups excluding carboxylic acids is 1. The van der Waals surface area contributed by atoms with Crippen LogP contribution >= 0.6 is 0 Å². The van der Waals surface area contributed by atoms with Gasteiger partial charge in [-0.1, -0.05) is 0 Å². The molecular formula is C20H24N2O3. The van der Waals surface area contributed by atoms with Gasteiger partial charge in [0.1, 0.15) is 0 Å². The van der Waals surface area contributed by atoms with E-state index in [1.165, 1.54) is 38.5 Å². The minimum atomic E-state index is -0.192. The van der Waals surface area contributed by atoms with Crippen molar-refractivity contribution in [3.8, 4) is 11.5 Å². The summed E-state index contributed by atoms with van der Waals surface area (Å²) in [5.41, 5.74) is 4.66. The van der Waals surface area contributed by atoms with Crippen LogP contribution in [0.4, 0.5) is 0 Å². The first kappa shape index (κ1) is 15.2. The van der Waals surface area contributed by atoms with Gasteiger partial charge in [0, 0.05) is 16.7 Å². The largest absolute Gasteiger partial charge is 0.454 e. The molecule has 0 saturated heterocycles. The molecule has 0 atom stereocenters. The number of hydrogen-bond donors (Lipinski definition) is 1. The Morgan fingerprint density at radius 1 is 1.08 bits per heavy atom. The maximum absolute atomic E-state index is 12.5. The highest BCUT2D eigenvalue weighted by Gasteiger charge is 2.52. The molecule has 5 heteroatoms. The number of amides is 1. The molecule has 4 saturated carbocycles. The molecule has 5 nitrogen and oxygen atoms in total. The Bertz CT molecular complexity index is 720. The maximum atomic E-state index is 12.5. The quantitative estimate of drug-likeness (QED) is 0.673. The summed E-state index contributed by atoms with van der Waals surface area (Å²) < 4.78 is 10.6. The van der Waals surface area contributed by atoms with Gasteiger partial charge in [0.25, 0.3) is 5.91 Å². The molecule has 0 spiro atoms. The van der Waals surface area contributed by atoms with Crippen LogP contribution in [0.2, 0.25) is 0 Å². The Kier molecular flexibility index (Phi) is 3.34. The fourth-order valence-electron chi connectivity index (χ4n) is 5.91. The molecule has 25 heavy (non-hydrogen) atoms. The number of nitrogens with zero attached hydrogens (tertiary/aromatic N) is 1. The minimum Gasteiger partial charge on any atom is -0.454 e. The third-order valence-electron chi connectivity index (χ3n) is 6.77. The lowest BCUT2D eigenvalue weighted by atomic mass is 9.48. The van der Waals surface area contributed by atoms with Crippen molar-refractivity contribution >= 4 is 11.6 Å². The van der Waals surface area contributed by atoms with Crippen LogP contribution in [0, 0.1) is 23.2 Å². The maximum Gasteiger partial charge on any atom is 0.271 e. The van der Waals surface area contributed by atoms with Gasteiger partial charge in [-0.15, -0.1) is 0 Å². The van der Waals surface area contributed by atoms with E-state index in [1.807, 2.05) is 0 Å². The van der Waals surface area contributed by atoms with Gasteiger partial charge in [-0.3, -0.25) is 4.79 Å². The van der Waals surface area contributed by atoms with Gasteiger partial charge >= 0.3 is 0 Å². The lowest BCUT2D eigenvalue weighted by molar-refractivity contribution is -0.0128. The van der Waals surface area contributed by atoms with Gasteiger partial charge < -0.3 is 9.47 Å². The predicted molar refractivity (Wildman–Crippen MR) is 93.7 cm³/mol. The summed E-state index contributed by atoms with van der Waals surface area (Å²) in [6.45, 7) is 2.32. The Labute approximate surface area is 147 Å². The zero-order valence-electron chi connectivity index (χ0n) is 14.6. The fraction of sp³-hybridized carbons (Fsp3) is 0.600. The molecule has 4 bridgehead atoms. The van der Waals surface area contributed by atoms with Gasteiger partial charge in [-0.2, -0.15) is 5.10 Å². The Morgan fingerprint density at radius 2 is 1.72 bits per heavy atom. The number of rotatable bonds is 3. The van der Waals surface area contributed by atoms with Crippen molar-refractivity contribution in [3.05, 3.63) is 23.8 Å². The smallest absolute Gasteiger partial charge is 0.271 e. The highest BCUT2D eigenvalue weighted by molar-refractivity contribution is 5.96. The van der Waals surface area contributed by atoms with Crippen molar-refractivity contribution in [2.75, 3.05) is 6.79 Å². The molecule has 1 aromatic carbocycles. The topological polar surface area (TPSA) is 59.9 Å². The Morgan fingerprint density at radius 3 is 2.40 bits per heavy atom. The summed E-state index contributed by atoms with van der Waals surface area (Å²) >= 11 is 0. The zero-order chi connectivity index (χ0) is 17.0. The van der Waals surface area contributed by atoms with Gasteiger partial charge in [-0.25, -0.2) is 5.43 Å². The molecule has 4 fully saturated rings. The van der Waals surface area contributed by atoms with E-state index in [9.17, 15) is 4.79 Å². The van der Waals surface area contributed by atoms with E-state index >= 15 is 0 Å². The summed E-state index contributed by atoms with van der Waals surface area (Å²) in [5.74, 6) is 3.74. The molecular weight excluding hydrogens is 316 g/mol. The average molecular weight is 340 g/mol. The van der Waals surface area contributed by atoms with Gasteiger partial charge in [0.15, 0.2) is 11.5 Å².